The molecule has 8 heteroatoms. The summed E-state index contributed by atoms with van der Waals surface area (Å²) in [5.74, 6) is 1.25. The maximum atomic E-state index is 6.34. The SMILES string of the molecule is N[C@H](COc1cncc(-c2ccc(-c3nn[nH]n3)cc2)c1)Cc1c[nH]c2ccccc12. The molecule has 0 amide bonds. The molecule has 0 saturated carbocycles. The lowest BCUT2D eigenvalue weighted by Gasteiger charge is -2.13. The van der Waals surface area contributed by atoms with Gasteiger partial charge in [0.1, 0.15) is 12.4 Å². The van der Waals surface area contributed by atoms with Gasteiger partial charge in [0.05, 0.1) is 6.20 Å². The number of H-pyrrole nitrogens is 2. The van der Waals surface area contributed by atoms with Crippen LogP contribution in [-0.2, 0) is 6.42 Å². The first-order chi connectivity index (χ1) is 15.3. The highest BCUT2D eigenvalue weighted by Gasteiger charge is 2.10. The molecule has 0 bridgehead atoms. The van der Waals surface area contributed by atoms with Crippen molar-refractivity contribution in [1.82, 2.24) is 30.6 Å². The molecule has 0 aliphatic rings. The molecule has 0 saturated heterocycles. The number of hydrogen-bond acceptors (Lipinski definition) is 6. The van der Waals surface area contributed by atoms with E-state index in [1.807, 2.05) is 54.9 Å². The van der Waals surface area contributed by atoms with E-state index < -0.39 is 0 Å². The van der Waals surface area contributed by atoms with Crippen molar-refractivity contribution in [3.05, 3.63) is 78.8 Å². The molecular formula is C23H21N7O. The van der Waals surface area contributed by atoms with Crippen molar-refractivity contribution in [3.63, 3.8) is 0 Å². The molecule has 2 aromatic carbocycles. The first-order valence-corrected chi connectivity index (χ1v) is 9.99. The van der Waals surface area contributed by atoms with E-state index in [0.29, 0.717) is 18.2 Å². The van der Waals surface area contributed by atoms with Crippen LogP contribution in [0.15, 0.2) is 73.2 Å². The topological polar surface area (TPSA) is 118 Å². The van der Waals surface area contributed by atoms with Crippen molar-refractivity contribution >= 4 is 10.9 Å². The second-order valence-corrected chi connectivity index (χ2v) is 7.36. The highest BCUT2D eigenvalue weighted by Crippen LogP contribution is 2.25. The van der Waals surface area contributed by atoms with Crippen LogP contribution >= 0.6 is 0 Å². The summed E-state index contributed by atoms with van der Waals surface area (Å²) in [5.41, 5.74) is 11.5. The smallest absolute Gasteiger partial charge is 0.204 e. The highest BCUT2D eigenvalue weighted by atomic mass is 16.5. The summed E-state index contributed by atoms with van der Waals surface area (Å²) in [5, 5.41) is 15.2. The highest BCUT2D eigenvalue weighted by molar-refractivity contribution is 5.83. The molecule has 3 aromatic heterocycles. The van der Waals surface area contributed by atoms with Crippen molar-refractivity contribution in [2.24, 2.45) is 5.73 Å². The van der Waals surface area contributed by atoms with Gasteiger partial charge in [0.25, 0.3) is 0 Å². The molecule has 0 aliphatic carbocycles. The minimum Gasteiger partial charge on any atom is -0.490 e. The zero-order valence-corrected chi connectivity index (χ0v) is 16.7. The maximum Gasteiger partial charge on any atom is 0.204 e. The van der Waals surface area contributed by atoms with E-state index in [9.17, 15) is 0 Å². The third-order valence-corrected chi connectivity index (χ3v) is 5.16. The van der Waals surface area contributed by atoms with Crippen molar-refractivity contribution in [2.45, 2.75) is 12.5 Å². The van der Waals surface area contributed by atoms with Gasteiger partial charge >= 0.3 is 0 Å². The average Bonchev–Trinajstić information content (AvgIpc) is 3.49. The van der Waals surface area contributed by atoms with Gasteiger partial charge < -0.3 is 15.5 Å². The third-order valence-electron chi connectivity index (χ3n) is 5.16. The van der Waals surface area contributed by atoms with E-state index in [-0.39, 0.29) is 6.04 Å². The number of fused-ring (bicyclic) bond motifs is 1. The lowest BCUT2D eigenvalue weighted by molar-refractivity contribution is 0.287. The Morgan fingerprint density at radius 1 is 0.968 bits per heavy atom. The Balaban J connectivity index is 1.24. The standard InChI is InChI=1S/C23H21N7O/c24-19(9-18-12-26-22-4-2-1-3-21(18)22)14-31-20-10-17(11-25-13-20)15-5-7-16(8-6-15)23-27-29-30-28-23/h1-8,10-13,19,26H,9,14,24H2,(H,27,28,29,30)/t19-/m0/s1. The fraction of sp³-hybridized carbons (Fsp3) is 0.130. The second kappa shape index (κ2) is 8.37. The predicted octanol–water partition coefficient (Wildman–Crippen LogP) is 3.36. The number of benzene rings is 2. The van der Waals surface area contributed by atoms with Crippen LogP contribution in [0.3, 0.4) is 0 Å². The molecule has 5 rings (SSSR count). The molecule has 0 aliphatic heterocycles. The molecule has 5 aromatic rings. The number of ether oxygens (including phenoxy) is 1. The van der Waals surface area contributed by atoms with Crippen LogP contribution < -0.4 is 10.5 Å². The molecule has 3 heterocycles. The number of hydrogen-bond donors (Lipinski definition) is 3. The van der Waals surface area contributed by atoms with Gasteiger partial charge in [-0.2, -0.15) is 5.21 Å². The molecule has 0 radical (unpaired) electrons. The van der Waals surface area contributed by atoms with Gasteiger partial charge in [-0.05, 0) is 34.9 Å². The molecule has 0 spiro atoms. The Morgan fingerprint density at radius 3 is 2.65 bits per heavy atom. The third kappa shape index (κ3) is 4.15. The molecule has 154 valence electrons. The number of nitrogens with zero attached hydrogens (tertiary/aromatic N) is 4. The fourth-order valence-corrected chi connectivity index (χ4v) is 3.60. The van der Waals surface area contributed by atoms with Gasteiger partial charge in [0, 0.05) is 40.5 Å². The largest absolute Gasteiger partial charge is 0.490 e. The normalized spacial score (nSPS) is 12.2. The van der Waals surface area contributed by atoms with E-state index in [4.69, 9.17) is 10.5 Å². The van der Waals surface area contributed by atoms with Gasteiger partial charge in [0.2, 0.25) is 5.82 Å². The van der Waals surface area contributed by atoms with Gasteiger partial charge in [-0.3, -0.25) is 4.98 Å². The zero-order chi connectivity index (χ0) is 21.0. The van der Waals surface area contributed by atoms with E-state index in [1.54, 1.807) is 6.20 Å². The van der Waals surface area contributed by atoms with Crippen molar-refractivity contribution in [2.75, 3.05) is 6.61 Å². The zero-order valence-electron chi connectivity index (χ0n) is 16.7. The minimum atomic E-state index is -0.128. The summed E-state index contributed by atoms with van der Waals surface area (Å²) < 4.78 is 5.94. The number of aromatic nitrogens is 6. The van der Waals surface area contributed by atoms with Crippen LogP contribution in [0.5, 0.6) is 5.75 Å². The Bertz CT molecular complexity index is 1280. The fourth-order valence-electron chi connectivity index (χ4n) is 3.60. The Kier molecular flexibility index (Phi) is 5.12. The van der Waals surface area contributed by atoms with Gasteiger partial charge in [-0.1, -0.05) is 42.5 Å². The lowest BCUT2D eigenvalue weighted by Crippen LogP contribution is -2.30. The van der Waals surface area contributed by atoms with Gasteiger partial charge in [-0.25, -0.2) is 0 Å². The number of para-hydroxylation sites is 1. The molecule has 0 unspecified atom stereocenters. The summed E-state index contributed by atoms with van der Waals surface area (Å²) in [7, 11) is 0. The first-order valence-electron chi connectivity index (χ1n) is 9.99. The number of nitrogens with two attached hydrogens (primary N) is 1. The molecule has 4 N–H and O–H groups in total. The Labute approximate surface area is 178 Å². The lowest BCUT2D eigenvalue weighted by atomic mass is 10.1. The van der Waals surface area contributed by atoms with E-state index in [1.165, 1.54) is 10.9 Å². The molecule has 31 heavy (non-hydrogen) atoms. The van der Waals surface area contributed by atoms with Crippen LogP contribution in [0, 0.1) is 0 Å². The molecule has 0 fully saturated rings. The van der Waals surface area contributed by atoms with E-state index in [2.05, 4.69) is 42.7 Å². The Hall–Kier alpha value is -4.04. The summed E-state index contributed by atoms with van der Waals surface area (Å²) in [6.07, 6.45) is 6.26. The molecular weight excluding hydrogens is 390 g/mol. The number of aromatic amines is 2. The Morgan fingerprint density at radius 2 is 1.81 bits per heavy atom. The number of pyridine rings is 1. The van der Waals surface area contributed by atoms with Crippen LogP contribution in [-0.4, -0.2) is 43.2 Å². The second-order valence-electron chi connectivity index (χ2n) is 7.36. The quantitative estimate of drug-likeness (QED) is 0.378. The van der Waals surface area contributed by atoms with Crippen LogP contribution in [0.4, 0.5) is 0 Å². The van der Waals surface area contributed by atoms with Gasteiger partial charge in [-0.15, -0.1) is 10.2 Å². The average molecular weight is 411 g/mol. The molecule has 8 nitrogen and oxygen atoms in total. The summed E-state index contributed by atoms with van der Waals surface area (Å²) in [6.45, 7) is 0.404. The minimum absolute atomic E-state index is 0.128. The van der Waals surface area contributed by atoms with Crippen LogP contribution in [0.1, 0.15) is 5.56 Å². The summed E-state index contributed by atoms with van der Waals surface area (Å²) in [6, 6.07) is 17.9. The monoisotopic (exact) mass is 411 g/mol. The van der Waals surface area contributed by atoms with Crippen molar-refractivity contribution in [3.8, 4) is 28.3 Å². The predicted molar refractivity (Wildman–Crippen MR) is 118 cm³/mol. The first kappa shape index (κ1) is 19.0. The maximum absolute atomic E-state index is 6.34. The summed E-state index contributed by atoms with van der Waals surface area (Å²) >= 11 is 0. The molecule has 1 atom stereocenters. The van der Waals surface area contributed by atoms with Gasteiger partial charge in [0.15, 0.2) is 0 Å². The number of tetrazole rings is 1. The van der Waals surface area contributed by atoms with Crippen molar-refractivity contribution < 1.29 is 4.74 Å². The summed E-state index contributed by atoms with van der Waals surface area (Å²) in [4.78, 5) is 7.60. The van der Waals surface area contributed by atoms with Crippen molar-refractivity contribution in [1.29, 1.82) is 0 Å². The van der Waals surface area contributed by atoms with Crippen LogP contribution in [0.2, 0.25) is 0 Å². The van der Waals surface area contributed by atoms with E-state index >= 15 is 0 Å². The number of nitrogens with one attached hydrogen (secondary N) is 2. The number of rotatable bonds is 7. The van der Waals surface area contributed by atoms with Crippen LogP contribution in [0.25, 0.3) is 33.4 Å². The van der Waals surface area contributed by atoms with E-state index in [0.717, 1.165) is 28.6 Å².